The lowest BCUT2D eigenvalue weighted by atomic mass is 10.1. The van der Waals surface area contributed by atoms with Crippen molar-refractivity contribution in [3.8, 4) is 17.4 Å². The van der Waals surface area contributed by atoms with E-state index in [9.17, 15) is 14.4 Å². The Bertz CT molecular complexity index is 945. The molecule has 0 fully saturated rings. The van der Waals surface area contributed by atoms with Crippen molar-refractivity contribution in [2.45, 2.75) is 13.0 Å². The summed E-state index contributed by atoms with van der Waals surface area (Å²) in [5, 5.41) is 11.8. The van der Waals surface area contributed by atoms with E-state index in [2.05, 4.69) is 10.3 Å². The summed E-state index contributed by atoms with van der Waals surface area (Å²) in [7, 11) is 0. The molecule has 25 heavy (non-hydrogen) atoms. The number of carbonyl (C=O) groups excluding carboxylic acids is 1. The van der Waals surface area contributed by atoms with E-state index in [-0.39, 0.29) is 11.3 Å². The fourth-order valence-electron chi connectivity index (χ4n) is 2.45. The van der Waals surface area contributed by atoms with Gasteiger partial charge in [-0.2, -0.15) is 5.26 Å². The van der Waals surface area contributed by atoms with Crippen LogP contribution in [0.4, 0.5) is 4.39 Å². The molecule has 6 heteroatoms. The van der Waals surface area contributed by atoms with E-state index in [1.165, 1.54) is 18.2 Å². The van der Waals surface area contributed by atoms with Crippen LogP contribution in [0.25, 0.3) is 11.3 Å². The van der Waals surface area contributed by atoms with E-state index in [4.69, 9.17) is 4.42 Å². The second-order valence-corrected chi connectivity index (χ2v) is 5.33. The highest BCUT2D eigenvalue weighted by Gasteiger charge is 2.24. The molecule has 2 aromatic carbocycles. The SMILES string of the molecule is Cc1nc(C(=O)NC(C#N)c2ccccc2F)c(-c2ccccc2)o1. The number of aromatic nitrogens is 1. The van der Waals surface area contributed by atoms with E-state index >= 15 is 0 Å². The summed E-state index contributed by atoms with van der Waals surface area (Å²) in [4.78, 5) is 16.7. The average molecular weight is 335 g/mol. The van der Waals surface area contributed by atoms with Crippen molar-refractivity contribution in [3.63, 3.8) is 0 Å². The number of carbonyl (C=O) groups is 1. The Morgan fingerprint density at radius 2 is 1.88 bits per heavy atom. The molecule has 1 amide bonds. The van der Waals surface area contributed by atoms with Gasteiger partial charge >= 0.3 is 0 Å². The van der Waals surface area contributed by atoms with E-state index < -0.39 is 17.8 Å². The molecular weight excluding hydrogens is 321 g/mol. The third-order valence-electron chi connectivity index (χ3n) is 3.61. The summed E-state index contributed by atoms with van der Waals surface area (Å²) in [6, 6.07) is 15.6. The predicted octanol–water partition coefficient (Wildman–Crippen LogP) is 3.78. The first-order chi connectivity index (χ1) is 12.1. The average Bonchev–Trinajstić information content (AvgIpc) is 3.03. The van der Waals surface area contributed by atoms with Gasteiger partial charge in [-0.1, -0.05) is 48.5 Å². The highest BCUT2D eigenvalue weighted by molar-refractivity contribution is 5.98. The highest BCUT2D eigenvalue weighted by Crippen LogP contribution is 2.25. The van der Waals surface area contributed by atoms with Gasteiger partial charge in [0.05, 0.1) is 6.07 Å². The number of amides is 1. The molecule has 3 aromatic rings. The van der Waals surface area contributed by atoms with Gasteiger partial charge in [0.1, 0.15) is 11.9 Å². The summed E-state index contributed by atoms with van der Waals surface area (Å²) < 4.78 is 19.4. The molecule has 0 radical (unpaired) electrons. The van der Waals surface area contributed by atoms with Crippen LogP contribution in [0.2, 0.25) is 0 Å². The van der Waals surface area contributed by atoms with Gasteiger partial charge in [0, 0.05) is 18.1 Å². The predicted molar refractivity (Wildman–Crippen MR) is 88.9 cm³/mol. The van der Waals surface area contributed by atoms with E-state index in [0.29, 0.717) is 17.2 Å². The first-order valence-corrected chi connectivity index (χ1v) is 7.58. The Kier molecular flexibility index (Phi) is 4.57. The Morgan fingerprint density at radius 1 is 1.20 bits per heavy atom. The smallest absolute Gasteiger partial charge is 0.275 e. The Labute approximate surface area is 143 Å². The van der Waals surface area contributed by atoms with Gasteiger partial charge in [-0.05, 0) is 6.07 Å². The van der Waals surface area contributed by atoms with Crippen LogP contribution in [-0.2, 0) is 0 Å². The Balaban J connectivity index is 1.92. The van der Waals surface area contributed by atoms with Gasteiger partial charge in [-0.25, -0.2) is 9.37 Å². The lowest BCUT2D eigenvalue weighted by Crippen LogP contribution is -2.29. The fourth-order valence-corrected chi connectivity index (χ4v) is 2.45. The number of nitrogens with one attached hydrogen (secondary N) is 1. The number of rotatable bonds is 4. The number of hydrogen-bond acceptors (Lipinski definition) is 4. The quantitative estimate of drug-likeness (QED) is 0.787. The number of aryl methyl sites for hydroxylation is 1. The third kappa shape index (κ3) is 3.40. The van der Waals surface area contributed by atoms with E-state index in [0.717, 1.165) is 0 Å². The standard InChI is InChI=1S/C19H14FN3O2/c1-12-22-17(18(25-12)13-7-3-2-4-8-13)19(24)23-16(11-21)14-9-5-6-10-15(14)20/h2-10,16H,1H3,(H,23,24). The second-order valence-electron chi connectivity index (χ2n) is 5.33. The normalized spacial score (nSPS) is 11.6. The maximum atomic E-state index is 13.9. The van der Waals surface area contributed by atoms with Crippen molar-refractivity contribution in [1.29, 1.82) is 5.26 Å². The maximum Gasteiger partial charge on any atom is 0.275 e. The summed E-state index contributed by atoms with van der Waals surface area (Å²) in [5.74, 6) is -0.538. The van der Waals surface area contributed by atoms with Crippen LogP contribution < -0.4 is 5.32 Å². The first-order valence-electron chi connectivity index (χ1n) is 7.58. The Morgan fingerprint density at radius 3 is 2.56 bits per heavy atom. The van der Waals surface area contributed by atoms with E-state index in [1.807, 2.05) is 24.3 Å². The number of oxazole rings is 1. The molecule has 3 rings (SSSR count). The second kappa shape index (κ2) is 6.97. The number of benzene rings is 2. The minimum absolute atomic E-state index is 0.0558. The van der Waals surface area contributed by atoms with Gasteiger partial charge in [0.15, 0.2) is 17.3 Å². The van der Waals surface area contributed by atoms with E-state index in [1.54, 1.807) is 25.1 Å². The van der Waals surface area contributed by atoms with Crippen LogP contribution in [-0.4, -0.2) is 10.9 Å². The zero-order valence-electron chi connectivity index (χ0n) is 13.4. The maximum absolute atomic E-state index is 13.9. The largest absolute Gasteiger partial charge is 0.440 e. The minimum Gasteiger partial charge on any atom is -0.440 e. The third-order valence-corrected chi connectivity index (χ3v) is 3.61. The van der Waals surface area contributed by atoms with Crippen LogP contribution in [0.3, 0.4) is 0 Å². The van der Waals surface area contributed by atoms with Crippen molar-refractivity contribution in [3.05, 3.63) is 77.6 Å². The van der Waals surface area contributed by atoms with Crippen molar-refractivity contribution in [2.75, 3.05) is 0 Å². The summed E-state index contributed by atoms with van der Waals surface area (Å²) in [6.07, 6.45) is 0. The molecule has 5 nitrogen and oxygen atoms in total. The molecule has 0 aliphatic carbocycles. The lowest BCUT2D eigenvalue weighted by molar-refractivity contribution is 0.0940. The molecule has 0 spiro atoms. The van der Waals surface area contributed by atoms with Gasteiger partial charge in [-0.15, -0.1) is 0 Å². The molecule has 0 saturated carbocycles. The molecule has 0 bridgehead atoms. The summed E-state index contributed by atoms with van der Waals surface area (Å²) >= 11 is 0. The van der Waals surface area contributed by atoms with Crippen LogP contribution in [0.1, 0.15) is 28.0 Å². The van der Waals surface area contributed by atoms with Crippen LogP contribution in [0.15, 0.2) is 59.0 Å². The molecule has 1 aromatic heterocycles. The Hall–Kier alpha value is -3.46. The van der Waals surface area contributed by atoms with Gasteiger partial charge < -0.3 is 9.73 Å². The lowest BCUT2D eigenvalue weighted by Gasteiger charge is -2.12. The molecule has 1 heterocycles. The van der Waals surface area contributed by atoms with Crippen molar-refractivity contribution in [2.24, 2.45) is 0 Å². The highest BCUT2D eigenvalue weighted by atomic mass is 19.1. The molecule has 1 N–H and O–H groups in total. The summed E-state index contributed by atoms with van der Waals surface area (Å²) in [6.45, 7) is 1.63. The zero-order chi connectivity index (χ0) is 17.8. The molecule has 0 aliphatic heterocycles. The van der Waals surface area contributed by atoms with Gasteiger partial charge in [0.2, 0.25) is 0 Å². The number of halogens is 1. The van der Waals surface area contributed by atoms with Crippen LogP contribution >= 0.6 is 0 Å². The summed E-state index contributed by atoms with van der Waals surface area (Å²) in [5.41, 5.74) is 0.841. The van der Waals surface area contributed by atoms with Crippen LogP contribution in [0, 0.1) is 24.1 Å². The molecule has 124 valence electrons. The fraction of sp³-hybridized carbons (Fsp3) is 0.105. The van der Waals surface area contributed by atoms with Gasteiger partial charge in [0.25, 0.3) is 5.91 Å². The first kappa shape index (κ1) is 16.4. The zero-order valence-corrected chi connectivity index (χ0v) is 13.4. The molecule has 0 saturated heterocycles. The molecular formula is C19H14FN3O2. The number of nitrogens with zero attached hydrogens (tertiary/aromatic N) is 2. The molecule has 0 aliphatic rings. The monoisotopic (exact) mass is 335 g/mol. The number of hydrogen-bond donors (Lipinski definition) is 1. The van der Waals surface area contributed by atoms with Crippen molar-refractivity contribution < 1.29 is 13.6 Å². The number of nitriles is 1. The molecule has 1 unspecified atom stereocenters. The minimum atomic E-state index is -1.13. The van der Waals surface area contributed by atoms with Crippen molar-refractivity contribution >= 4 is 5.91 Å². The van der Waals surface area contributed by atoms with Crippen molar-refractivity contribution in [1.82, 2.24) is 10.3 Å². The van der Waals surface area contributed by atoms with Crippen LogP contribution in [0.5, 0.6) is 0 Å². The topological polar surface area (TPSA) is 78.9 Å². The molecule has 1 atom stereocenters. The van der Waals surface area contributed by atoms with Gasteiger partial charge in [-0.3, -0.25) is 4.79 Å².